The Labute approximate surface area is 153 Å². The lowest BCUT2D eigenvalue weighted by atomic mass is 10.1. The minimum absolute atomic E-state index is 0.138. The second kappa shape index (κ2) is 8.21. The number of benzene rings is 3. The van der Waals surface area contributed by atoms with E-state index in [4.69, 9.17) is 9.47 Å². The molecule has 3 rings (SSSR count). The van der Waals surface area contributed by atoms with E-state index < -0.39 is 0 Å². The molecule has 3 aromatic carbocycles. The van der Waals surface area contributed by atoms with Gasteiger partial charge in [0.05, 0.1) is 7.11 Å². The largest absolute Gasteiger partial charge is 0.496 e. The summed E-state index contributed by atoms with van der Waals surface area (Å²) in [6.07, 6.45) is 0. The fourth-order valence-electron chi connectivity index (χ4n) is 2.71. The fraction of sp³-hybridized carbons (Fsp3) is 0.136. The van der Waals surface area contributed by atoms with Gasteiger partial charge in [0, 0.05) is 18.2 Å². The zero-order chi connectivity index (χ0) is 18.4. The number of methoxy groups -OCH3 is 1. The van der Waals surface area contributed by atoms with Crippen LogP contribution in [0.3, 0.4) is 0 Å². The van der Waals surface area contributed by atoms with Crippen molar-refractivity contribution in [2.45, 2.75) is 6.61 Å². The van der Waals surface area contributed by atoms with Gasteiger partial charge >= 0.3 is 0 Å². The third-order valence-corrected chi connectivity index (χ3v) is 4.13. The van der Waals surface area contributed by atoms with Crippen LogP contribution in [0.15, 0.2) is 72.8 Å². The zero-order valence-electron chi connectivity index (χ0n) is 14.9. The first kappa shape index (κ1) is 17.5. The molecule has 0 aliphatic rings. The minimum atomic E-state index is -0.138. The molecule has 0 atom stereocenters. The number of nitrogens with one attached hydrogen (secondary N) is 1. The third-order valence-electron chi connectivity index (χ3n) is 4.13. The van der Waals surface area contributed by atoms with Crippen LogP contribution < -0.4 is 14.8 Å². The standard InChI is InChI=1S/C22H21NO3/c1-23-22(24)18-10-13-21(25-2)19(14-18)15-26-20-11-8-17(9-12-20)16-6-4-3-5-7-16/h3-14H,15H2,1-2H3,(H,23,24). The highest BCUT2D eigenvalue weighted by Crippen LogP contribution is 2.25. The second-order valence-electron chi connectivity index (χ2n) is 5.78. The van der Waals surface area contributed by atoms with Gasteiger partial charge in [0.1, 0.15) is 18.1 Å². The molecule has 1 amide bonds. The lowest BCUT2D eigenvalue weighted by Gasteiger charge is -2.12. The van der Waals surface area contributed by atoms with Crippen LogP contribution in [0.2, 0.25) is 0 Å². The van der Waals surface area contributed by atoms with Crippen LogP contribution in [-0.2, 0) is 6.61 Å². The topological polar surface area (TPSA) is 47.6 Å². The molecular formula is C22H21NO3. The van der Waals surface area contributed by atoms with Crippen molar-refractivity contribution in [3.8, 4) is 22.6 Å². The number of carbonyl (C=O) groups excluding carboxylic acids is 1. The van der Waals surface area contributed by atoms with Crippen molar-refractivity contribution < 1.29 is 14.3 Å². The summed E-state index contributed by atoms with van der Waals surface area (Å²) in [5.74, 6) is 1.32. The molecule has 132 valence electrons. The number of amides is 1. The van der Waals surface area contributed by atoms with Crippen LogP contribution in [-0.4, -0.2) is 20.1 Å². The molecule has 0 saturated heterocycles. The lowest BCUT2D eigenvalue weighted by molar-refractivity contribution is 0.0963. The van der Waals surface area contributed by atoms with E-state index >= 15 is 0 Å². The Morgan fingerprint density at radius 3 is 2.27 bits per heavy atom. The number of carbonyl (C=O) groups is 1. The maximum atomic E-state index is 11.8. The lowest BCUT2D eigenvalue weighted by Crippen LogP contribution is -2.18. The van der Waals surface area contributed by atoms with Crippen LogP contribution >= 0.6 is 0 Å². The van der Waals surface area contributed by atoms with E-state index in [0.29, 0.717) is 17.9 Å². The molecule has 0 unspecified atom stereocenters. The van der Waals surface area contributed by atoms with E-state index in [1.165, 1.54) is 5.56 Å². The van der Waals surface area contributed by atoms with Crippen molar-refractivity contribution in [2.24, 2.45) is 0 Å². The summed E-state index contributed by atoms with van der Waals surface area (Å²) in [5, 5.41) is 2.62. The molecule has 0 spiro atoms. The highest BCUT2D eigenvalue weighted by molar-refractivity contribution is 5.94. The summed E-state index contributed by atoms with van der Waals surface area (Å²) in [7, 11) is 3.21. The van der Waals surface area contributed by atoms with Gasteiger partial charge in [-0.2, -0.15) is 0 Å². The van der Waals surface area contributed by atoms with Crippen LogP contribution in [0.1, 0.15) is 15.9 Å². The SMILES string of the molecule is CNC(=O)c1ccc(OC)c(COc2ccc(-c3ccccc3)cc2)c1. The van der Waals surface area contributed by atoms with Gasteiger partial charge in [-0.3, -0.25) is 4.79 Å². The molecule has 0 aromatic heterocycles. The second-order valence-corrected chi connectivity index (χ2v) is 5.78. The molecule has 0 radical (unpaired) electrons. The number of hydrogen-bond acceptors (Lipinski definition) is 3. The molecule has 0 aliphatic carbocycles. The van der Waals surface area contributed by atoms with Crippen LogP contribution in [0.25, 0.3) is 11.1 Å². The van der Waals surface area contributed by atoms with Gasteiger partial charge in [-0.1, -0.05) is 42.5 Å². The predicted octanol–water partition coefficient (Wildman–Crippen LogP) is 4.30. The van der Waals surface area contributed by atoms with Crippen molar-refractivity contribution in [2.75, 3.05) is 14.2 Å². The van der Waals surface area contributed by atoms with Gasteiger partial charge in [-0.25, -0.2) is 0 Å². The van der Waals surface area contributed by atoms with Crippen molar-refractivity contribution in [1.82, 2.24) is 5.32 Å². The Balaban J connectivity index is 1.73. The third kappa shape index (κ3) is 4.03. The Kier molecular flexibility index (Phi) is 5.54. The van der Waals surface area contributed by atoms with Crippen molar-refractivity contribution in [1.29, 1.82) is 0 Å². The summed E-state index contributed by atoms with van der Waals surface area (Å²) in [6.45, 7) is 0.318. The average Bonchev–Trinajstić information content (AvgIpc) is 2.72. The van der Waals surface area contributed by atoms with E-state index in [1.807, 2.05) is 42.5 Å². The van der Waals surface area contributed by atoms with E-state index in [0.717, 1.165) is 16.9 Å². The molecule has 0 aliphatic heterocycles. The summed E-state index contributed by atoms with van der Waals surface area (Å²) >= 11 is 0. The Hall–Kier alpha value is -3.27. The zero-order valence-corrected chi connectivity index (χ0v) is 14.9. The van der Waals surface area contributed by atoms with Crippen LogP contribution in [0.4, 0.5) is 0 Å². The first-order chi connectivity index (χ1) is 12.7. The quantitative estimate of drug-likeness (QED) is 0.723. The van der Waals surface area contributed by atoms with E-state index in [2.05, 4.69) is 17.4 Å². The highest BCUT2D eigenvalue weighted by Gasteiger charge is 2.10. The maximum absolute atomic E-state index is 11.8. The fourth-order valence-corrected chi connectivity index (χ4v) is 2.71. The van der Waals surface area contributed by atoms with Crippen molar-refractivity contribution >= 4 is 5.91 Å². The molecule has 1 N–H and O–H groups in total. The summed E-state index contributed by atoms with van der Waals surface area (Å²) in [4.78, 5) is 11.8. The minimum Gasteiger partial charge on any atom is -0.496 e. The van der Waals surface area contributed by atoms with Gasteiger partial charge in [0.25, 0.3) is 5.91 Å². The normalized spacial score (nSPS) is 10.2. The first-order valence-corrected chi connectivity index (χ1v) is 8.38. The smallest absolute Gasteiger partial charge is 0.251 e. The maximum Gasteiger partial charge on any atom is 0.251 e. The molecule has 0 heterocycles. The molecular weight excluding hydrogens is 326 g/mol. The van der Waals surface area contributed by atoms with Gasteiger partial charge in [-0.15, -0.1) is 0 Å². The molecule has 0 bridgehead atoms. The molecule has 3 aromatic rings. The van der Waals surface area contributed by atoms with Crippen molar-refractivity contribution in [3.63, 3.8) is 0 Å². The van der Waals surface area contributed by atoms with Gasteiger partial charge in [-0.05, 0) is 41.5 Å². The highest BCUT2D eigenvalue weighted by atomic mass is 16.5. The number of ether oxygens (including phenoxy) is 2. The van der Waals surface area contributed by atoms with Crippen LogP contribution in [0, 0.1) is 0 Å². The predicted molar refractivity (Wildman–Crippen MR) is 103 cm³/mol. The summed E-state index contributed by atoms with van der Waals surface area (Å²) < 4.78 is 11.2. The van der Waals surface area contributed by atoms with Gasteiger partial charge < -0.3 is 14.8 Å². The number of hydrogen-bond donors (Lipinski definition) is 1. The summed E-state index contributed by atoms with van der Waals surface area (Å²) in [6, 6.07) is 23.4. The average molecular weight is 347 g/mol. The van der Waals surface area contributed by atoms with E-state index in [9.17, 15) is 4.79 Å². The van der Waals surface area contributed by atoms with E-state index in [-0.39, 0.29) is 5.91 Å². The molecule has 4 heteroatoms. The number of rotatable bonds is 6. The first-order valence-electron chi connectivity index (χ1n) is 8.38. The van der Waals surface area contributed by atoms with Crippen LogP contribution in [0.5, 0.6) is 11.5 Å². The monoisotopic (exact) mass is 347 g/mol. The Morgan fingerprint density at radius 2 is 1.62 bits per heavy atom. The van der Waals surface area contributed by atoms with Gasteiger partial charge in [0.15, 0.2) is 0 Å². The Bertz CT molecular complexity index is 874. The molecule has 26 heavy (non-hydrogen) atoms. The summed E-state index contributed by atoms with van der Waals surface area (Å²) in [5.41, 5.74) is 3.70. The van der Waals surface area contributed by atoms with E-state index in [1.54, 1.807) is 32.4 Å². The molecule has 4 nitrogen and oxygen atoms in total. The van der Waals surface area contributed by atoms with Gasteiger partial charge in [0.2, 0.25) is 0 Å². The Morgan fingerprint density at radius 1 is 0.923 bits per heavy atom. The van der Waals surface area contributed by atoms with Crippen molar-refractivity contribution in [3.05, 3.63) is 83.9 Å². The molecule has 0 saturated carbocycles. The molecule has 0 fully saturated rings.